The van der Waals surface area contributed by atoms with E-state index >= 15 is 0 Å². The van der Waals surface area contributed by atoms with Gasteiger partial charge < -0.3 is 5.73 Å². The molecule has 0 aliphatic carbocycles. The maximum atomic E-state index is 12.5. The number of aryl methyl sites for hydroxylation is 1. The van der Waals surface area contributed by atoms with Crippen LogP contribution < -0.4 is 5.73 Å². The summed E-state index contributed by atoms with van der Waals surface area (Å²) >= 11 is 3.33. The zero-order valence-corrected chi connectivity index (χ0v) is 12.7. The fraction of sp³-hybridized carbons (Fsp3) is 0.500. The van der Waals surface area contributed by atoms with Crippen LogP contribution in [-0.2, 0) is 10.0 Å². The van der Waals surface area contributed by atoms with Gasteiger partial charge in [-0.25, -0.2) is 8.42 Å². The Bertz CT molecular complexity index is 525. The minimum atomic E-state index is -3.42. The Morgan fingerprint density at radius 1 is 1.39 bits per heavy atom. The monoisotopic (exact) mass is 332 g/mol. The van der Waals surface area contributed by atoms with E-state index in [9.17, 15) is 8.42 Å². The van der Waals surface area contributed by atoms with Crippen LogP contribution in [-0.4, -0.2) is 31.9 Å². The van der Waals surface area contributed by atoms with Crippen LogP contribution in [0.5, 0.6) is 0 Å². The van der Waals surface area contributed by atoms with Crippen molar-refractivity contribution in [2.75, 3.05) is 13.1 Å². The molecule has 1 aliphatic rings. The van der Waals surface area contributed by atoms with Crippen molar-refractivity contribution in [1.82, 2.24) is 4.31 Å². The Morgan fingerprint density at radius 3 is 2.72 bits per heavy atom. The van der Waals surface area contributed by atoms with Gasteiger partial charge in [-0.15, -0.1) is 0 Å². The van der Waals surface area contributed by atoms with Crippen LogP contribution in [0.25, 0.3) is 0 Å². The highest BCUT2D eigenvalue weighted by molar-refractivity contribution is 9.10. The molecule has 1 fully saturated rings. The van der Waals surface area contributed by atoms with Crippen molar-refractivity contribution in [3.05, 3.63) is 28.2 Å². The predicted molar refractivity (Wildman–Crippen MR) is 74.8 cm³/mol. The SMILES string of the molecule is Cc1cc(Br)cc(S(=O)(=O)N2CCC[C@H](N)C2)c1. The second-order valence-electron chi connectivity index (χ2n) is 4.73. The fourth-order valence-electron chi connectivity index (χ4n) is 2.19. The van der Waals surface area contributed by atoms with Crippen molar-refractivity contribution in [2.45, 2.75) is 30.7 Å². The van der Waals surface area contributed by atoms with E-state index in [1.165, 1.54) is 4.31 Å². The fourth-order valence-corrected chi connectivity index (χ4v) is 4.62. The van der Waals surface area contributed by atoms with Crippen LogP contribution in [0.4, 0.5) is 0 Å². The van der Waals surface area contributed by atoms with Gasteiger partial charge in [-0.1, -0.05) is 15.9 Å². The molecule has 6 heteroatoms. The quantitative estimate of drug-likeness (QED) is 0.899. The Labute approximate surface area is 116 Å². The Hall–Kier alpha value is -0.430. The smallest absolute Gasteiger partial charge is 0.243 e. The summed E-state index contributed by atoms with van der Waals surface area (Å²) in [7, 11) is -3.42. The van der Waals surface area contributed by atoms with Gasteiger partial charge in [0.25, 0.3) is 0 Å². The molecule has 0 radical (unpaired) electrons. The second kappa shape index (κ2) is 5.28. The van der Waals surface area contributed by atoms with E-state index in [4.69, 9.17) is 5.73 Å². The molecule has 1 aromatic carbocycles. The first-order chi connectivity index (χ1) is 8.39. The molecule has 1 atom stereocenters. The van der Waals surface area contributed by atoms with Crippen molar-refractivity contribution in [1.29, 1.82) is 0 Å². The number of nitrogens with zero attached hydrogens (tertiary/aromatic N) is 1. The molecule has 0 amide bonds. The molecule has 2 rings (SSSR count). The van der Waals surface area contributed by atoms with E-state index in [1.807, 2.05) is 13.0 Å². The van der Waals surface area contributed by atoms with Crippen molar-refractivity contribution in [3.8, 4) is 0 Å². The average Bonchev–Trinajstić information content (AvgIpc) is 2.27. The normalized spacial score (nSPS) is 22.1. The zero-order valence-electron chi connectivity index (χ0n) is 10.3. The minimum Gasteiger partial charge on any atom is -0.327 e. The number of hydrogen-bond acceptors (Lipinski definition) is 3. The number of nitrogens with two attached hydrogens (primary N) is 1. The third-order valence-corrected chi connectivity index (χ3v) is 5.37. The first kappa shape index (κ1) is 14.0. The summed E-state index contributed by atoms with van der Waals surface area (Å²) in [6.45, 7) is 2.85. The van der Waals surface area contributed by atoms with Crippen molar-refractivity contribution >= 4 is 26.0 Å². The molecule has 2 N–H and O–H groups in total. The lowest BCUT2D eigenvalue weighted by atomic mass is 10.1. The Morgan fingerprint density at radius 2 is 2.11 bits per heavy atom. The summed E-state index contributed by atoms with van der Waals surface area (Å²) in [4.78, 5) is 0.337. The highest BCUT2D eigenvalue weighted by Crippen LogP contribution is 2.24. The van der Waals surface area contributed by atoms with Gasteiger partial charge in [0.15, 0.2) is 0 Å². The molecule has 4 nitrogen and oxygen atoms in total. The lowest BCUT2D eigenvalue weighted by Gasteiger charge is -2.30. The first-order valence-electron chi connectivity index (χ1n) is 5.92. The summed E-state index contributed by atoms with van der Waals surface area (Å²) in [5.41, 5.74) is 6.76. The van der Waals surface area contributed by atoms with Crippen LogP contribution in [0.1, 0.15) is 18.4 Å². The molecule has 0 bridgehead atoms. The van der Waals surface area contributed by atoms with E-state index < -0.39 is 10.0 Å². The summed E-state index contributed by atoms with van der Waals surface area (Å²) in [5.74, 6) is 0. The Balaban J connectivity index is 2.35. The first-order valence-corrected chi connectivity index (χ1v) is 8.16. The van der Waals surface area contributed by atoms with Gasteiger partial charge in [-0.2, -0.15) is 4.31 Å². The number of rotatable bonds is 2. The van der Waals surface area contributed by atoms with Crippen molar-refractivity contribution in [3.63, 3.8) is 0 Å². The third kappa shape index (κ3) is 2.93. The summed E-state index contributed by atoms with van der Waals surface area (Å²) in [6, 6.07) is 5.17. The number of sulfonamides is 1. The molecular weight excluding hydrogens is 316 g/mol. The molecule has 100 valence electrons. The van der Waals surface area contributed by atoms with Gasteiger partial charge in [0.05, 0.1) is 4.90 Å². The molecule has 18 heavy (non-hydrogen) atoms. The molecule has 0 saturated carbocycles. The van der Waals surface area contributed by atoms with E-state index in [2.05, 4.69) is 15.9 Å². The zero-order chi connectivity index (χ0) is 13.3. The minimum absolute atomic E-state index is 0.0539. The van der Waals surface area contributed by atoms with Gasteiger partial charge in [-0.05, 0) is 43.5 Å². The standard InChI is InChI=1S/C12H17BrN2O2S/c1-9-5-10(13)7-12(6-9)18(16,17)15-4-2-3-11(14)8-15/h5-7,11H,2-4,8,14H2,1H3/t11-/m0/s1. The number of halogens is 1. The number of piperidine rings is 1. The average molecular weight is 333 g/mol. The number of benzene rings is 1. The largest absolute Gasteiger partial charge is 0.327 e. The highest BCUT2D eigenvalue weighted by atomic mass is 79.9. The van der Waals surface area contributed by atoms with E-state index in [0.717, 1.165) is 22.9 Å². The molecule has 1 aliphatic heterocycles. The van der Waals surface area contributed by atoms with E-state index in [-0.39, 0.29) is 6.04 Å². The van der Waals surface area contributed by atoms with Gasteiger partial charge in [0, 0.05) is 23.6 Å². The number of hydrogen-bond donors (Lipinski definition) is 1. The van der Waals surface area contributed by atoms with Gasteiger partial charge in [-0.3, -0.25) is 0 Å². The van der Waals surface area contributed by atoms with Gasteiger partial charge in [0.1, 0.15) is 0 Å². The van der Waals surface area contributed by atoms with Crippen LogP contribution in [0, 0.1) is 6.92 Å². The Kier molecular flexibility index (Phi) is 4.11. The van der Waals surface area contributed by atoms with Gasteiger partial charge >= 0.3 is 0 Å². The molecule has 1 aromatic rings. The maximum absolute atomic E-state index is 12.5. The van der Waals surface area contributed by atoms with Gasteiger partial charge in [0.2, 0.25) is 10.0 Å². The summed E-state index contributed by atoms with van der Waals surface area (Å²) in [5, 5.41) is 0. The van der Waals surface area contributed by atoms with Crippen LogP contribution in [0.2, 0.25) is 0 Å². The molecule has 0 unspecified atom stereocenters. The molecule has 0 spiro atoms. The van der Waals surface area contributed by atoms with E-state index in [1.54, 1.807) is 12.1 Å². The molecule has 1 heterocycles. The lowest BCUT2D eigenvalue weighted by Crippen LogP contribution is -2.45. The molecular formula is C12H17BrN2O2S. The molecule has 1 saturated heterocycles. The van der Waals surface area contributed by atoms with Crippen molar-refractivity contribution < 1.29 is 8.42 Å². The summed E-state index contributed by atoms with van der Waals surface area (Å²) in [6.07, 6.45) is 1.72. The summed E-state index contributed by atoms with van der Waals surface area (Å²) < 4.78 is 27.2. The lowest BCUT2D eigenvalue weighted by molar-refractivity contribution is 0.316. The molecule has 0 aromatic heterocycles. The van der Waals surface area contributed by atoms with Crippen molar-refractivity contribution in [2.24, 2.45) is 5.73 Å². The maximum Gasteiger partial charge on any atom is 0.243 e. The van der Waals surface area contributed by atoms with Crippen LogP contribution in [0.3, 0.4) is 0 Å². The topological polar surface area (TPSA) is 63.4 Å². The van der Waals surface area contributed by atoms with Crippen LogP contribution in [0.15, 0.2) is 27.6 Å². The highest BCUT2D eigenvalue weighted by Gasteiger charge is 2.29. The van der Waals surface area contributed by atoms with E-state index in [0.29, 0.717) is 18.0 Å². The van der Waals surface area contributed by atoms with Crippen LogP contribution >= 0.6 is 15.9 Å². The third-order valence-electron chi connectivity index (χ3n) is 3.07. The predicted octanol–water partition coefficient (Wildman–Crippen LogP) is 1.87. The second-order valence-corrected chi connectivity index (χ2v) is 7.58.